The summed E-state index contributed by atoms with van der Waals surface area (Å²) in [6, 6.07) is 4.27. The van der Waals surface area contributed by atoms with E-state index >= 15 is 0 Å². The standard InChI is InChI=1S/C19H25NO2/c1-3-5-6-17(21)20-11-14-7-8-15-12-22-16-10-9-13(4-2)18(14)19(15)16/h9-10,12,14H,3-8,11H2,1-2H3,(H,20,21). The Kier molecular flexibility index (Phi) is 4.51. The van der Waals surface area contributed by atoms with Gasteiger partial charge in [0.15, 0.2) is 0 Å². The number of carbonyl (C=O) groups is 1. The molecule has 0 saturated heterocycles. The molecule has 1 N–H and O–H groups in total. The number of nitrogens with one attached hydrogen (secondary N) is 1. The topological polar surface area (TPSA) is 42.2 Å². The first-order valence-electron chi connectivity index (χ1n) is 8.53. The van der Waals surface area contributed by atoms with Crippen molar-refractivity contribution < 1.29 is 9.21 Å². The zero-order valence-electron chi connectivity index (χ0n) is 13.6. The first-order chi connectivity index (χ1) is 10.7. The third-order valence-electron chi connectivity index (χ3n) is 4.80. The third kappa shape index (κ3) is 2.77. The van der Waals surface area contributed by atoms with Crippen LogP contribution in [0.4, 0.5) is 0 Å². The smallest absolute Gasteiger partial charge is 0.220 e. The van der Waals surface area contributed by atoms with Crippen molar-refractivity contribution in [3.63, 3.8) is 0 Å². The van der Waals surface area contributed by atoms with E-state index in [1.54, 1.807) is 0 Å². The number of amides is 1. The van der Waals surface area contributed by atoms with Crippen molar-refractivity contribution in [3.8, 4) is 0 Å². The number of furan rings is 1. The Bertz CT molecular complexity index is 671. The van der Waals surface area contributed by atoms with Crippen LogP contribution in [0.5, 0.6) is 0 Å². The summed E-state index contributed by atoms with van der Waals surface area (Å²) in [4.78, 5) is 11.9. The zero-order valence-corrected chi connectivity index (χ0v) is 13.6. The Balaban J connectivity index is 1.83. The van der Waals surface area contributed by atoms with Crippen molar-refractivity contribution in [2.24, 2.45) is 0 Å². The zero-order chi connectivity index (χ0) is 15.5. The third-order valence-corrected chi connectivity index (χ3v) is 4.80. The van der Waals surface area contributed by atoms with Crippen LogP contribution in [0.25, 0.3) is 11.0 Å². The van der Waals surface area contributed by atoms with Gasteiger partial charge in [0, 0.05) is 24.3 Å². The molecule has 118 valence electrons. The molecule has 1 amide bonds. The number of unbranched alkanes of at least 4 members (excludes halogenated alkanes) is 1. The molecule has 0 aliphatic heterocycles. The van der Waals surface area contributed by atoms with Gasteiger partial charge in [0.1, 0.15) is 5.58 Å². The van der Waals surface area contributed by atoms with E-state index in [9.17, 15) is 4.79 Å². The van der Waals surface area contributed by atoms with Crippen molar-refractivity contribution >= 4 is 16.9 Å². The molecule has 3 heteroatoms. The van der Waals surface area contributed by atoms with E-state index in [1.807, 2.05) is 6.26 Å². The van der Waals surface area contributed by atoms with Crippen LogP contribution in [0, 0.1) is 0 Å². The molecule has 0 radical (unpaired) electrons. The maximum Gasteiger partial charge on any atom is 0.220 e. The SMILES string of the molecule is CCCCC(=O)NCC1CCc2coc3ccc(CC)c1c23. The lowest BCUT2D eigenvalue weighted by Crippen LogP contribution is -2.29. The van der Waals surface area contributed by atoms with E-state index in [4.69, 9.17) is 4.42 Å². The lowest BCUT2D eigenvalue weighted by atomic mass is 9.80. The molecule has 1 aromatic carbocycles. The predicted molar refractivity (Wildman–Crippen MR) is 89.2 cm³/mol. The van der Waals surface area contributed by atoms with Crippen LogP contribution in [-0.2, 0) is 17.6 Å². The van der Waals surface area contributed by atoms with Crippen molar-refractivity contribution in [1.82, 2.24) is 5.32 Å². The molecular weight excluding hydrogens is 274 g/mol. The molecule has 0 fully saturated rings. The van der Waals surface area contributed by atoms with Crippen molar-refractivity contribution in [2.75, 3.05) is 6.54 Å². The van der Waals surface area contributed by atoms with Gasteiger partial charge in [0.05, 0.1) is 6.26 Å². The lowest BCUT2D eigenvalue weighted by molar-refractivity contribution is -0.121. The normalized spacial score (nSPS) is 16.9. The van der Waals surface area contributed by atoms with Crippen molar-refractivity contribution in [1.29, 1.82) is 0 Å². The Labute approximate surface area is 132 Å². The molecule has 2 aromatic rings. The largest absolute Gasteiger partial charge is 0.464 e. The maximum atomic E-state index is 11.9. The minimum Gasteiger partial charge on any atom is -0.464 e. The Morgan fingerprint density at radius 3 is 3.00 bits per heavy atom. The number of benzene rings is 1. The minimum absolute atomic E-state index is 0.185. The lowest BCUT2D eigenvalue weighted by Gasteiger charge is -2.25. The van der Waals surface area contributed by atoms with Gasteiger partial charge >= 0.3 is 0 Å². The van der Waals surface area contributed by atoms with E-state index in [0.717, 1.165) is 44.2 Å². The van der Waals surface area contributed by atoms with Crippen LogP contribution >= 0.6 is 0 Å². The molecule has 22 heavy (non-hydrogen) atoms. The number of hydrogen-bond acceptors (Lipinski definition) is 2. The molecule has 3 rings (SSSR count). The minimum atomic E-state index is 0.185. The molecule has 1 aromatic heterocycles. The van der Waals surface area contributed by atoms with E-state index in [-0.39, 0.29) is 5.91 Å². The van der Waals surface area contributed by atoms with Crippen LogP contribution in [0.15, 0.2) is 22.8 Å². The van der Waals surface area contributed by atoms with E-state index in [1.165, 1.54) is 22.1 Å². The molecule has 1 aliphatic rings. The number of aryl methyl sites for hydroxylation is 2. The van der Waals surface area contributed by atoms with Crippen LogP contribution in [0.1, 0.15) is 62.1 Å². The molecule has 1 atom stereocenters. The highest BCUT2D eigenvalue weighted by Gasteiger charge is 2.26. The molecule has 0 bridgehead atoms. The summed E-state index contributed by atoms with van der Waals surface area (Å²) in [5, 5.41) is 4.44. The average Bonchev–Trinajstić information content (AvgIpc) is 2.97. The van der Waals surface area contributed by atoms with Crippen LogP contribution < -0.4 is 5.32 Å². The van der Waals surface area contributed by atoms with Gasteiger partial charge in [-0.3, -0.25) is 4.79 Å². The highest BCUT2D eigenvalue weighted by molar-refractivity contribution is 5.87. The number of hydrogen-bond donors (Lipinski definition) is 1. The highest BCUT2D eigenvalue weighted by atomic mass is 16.3. The van der Waals surface area contributed by atoms with Gasteiger partial charge in [-0.05, 0) is 48.4 Å². The first kappa shape index (κ1) is 15.1. The highest BCUT2D eigenvalue weighted by Crippen LogP contribution is 2.39. The number of rotatable bonds is 6. The second-order valence-electron chi connectivity index (χ2n) is 6.27. The molecule has 0 saturated carbocycles. The Morgan fingerprint density at radius 1 is 1.36 bits per heavy atom. The second kappa shape index (κ2) is 6.55. The fourth-order valence-corrected chi connectivity index (χ4v) is 3.57. The Hall–Kier alpha value is -1.77. The molecule has 0 spiro atoms. The summed E-state index contributed by atoms with van der Waals surface area (Å²) in [6.45, 7) is 5.06. The summed E-state index contributed by atoms with van der Waals surface area (Å²) in [6.07, 6.45) is 7.74. The van der Waals surface area contributed by atoms with E-state index in [0.29, 0.717) is 12.3 Å². The monoisotopic (exact) mass is 299 g/mol. The fourth-order valence-electron chi connectivity index (χ4n) is 3.57. The summed E-state index contributed by atoms with van der Waals surface area (Å²) < 4.78 is 5.70. The van der Waals surface area contributed by atoms with Gasteiger partial charge in [0.25, 0.3) is 0 Å². The fraction of sp³-hybridized carbons (Fsp3) is 0.526. The summed E-state index contributed by atoms with van der Waals surface area (Å²) >= 11 is 0. The van der Waals surface area contributed by atoms with Gasteiger partial charge in [-0.2, -0.15) is 0 Å². The van der Waals surface area contributed by atoms with Gasteiger partial charge in [0.2, 0.25) is 5.91 Å². The van der Waals surface area contributed by atoms with Gasteiger partial charge in [-0.25, -0.2) is 0 Å². The van der Waals surface area contributed by atoms with Crippen molar-refractivity contribution in [3.05, 3.63) is 35.1 Å². The van der Waals surface area contributed by atoms with Crippen LogP contribution in [0.2, 0.25) is 0 Å². The second-order valence-corrected chi connectivity index (χ2v) is 6.27. The predicted octanol–water partition coefficient (Wildman–Crippen LogP) is 4.33. The van der Waals surface area contributed by atoms with Crippen LogP contribution in [-0.4, -0.2) is 12.5 Å². The summed E-state index contributed by atoms with van der Waals surface area (Å²) in [5.74, 6) is 0.597. The van der Waals surface area contributed by atoms with Gasteiger partial charge in [-0.1, -0.05) is 26.3 Å². The molecule has 1 heterocycles. The molecule has 1 unspecified atom stereocenters. The van der Waals surface area contributed by atoms with E-state index in [2.05, 4.69) is 31.3 Å². The maximum absolute atomic E-state index is 11.9. The van der Waals surface area contributed by atoms with E-state index < -0.39 is 0 Å². The van der Waals surface area contributed by atoms with Crippen LogP contribution in [0.3, 0.4) is 0 Å². The Morgan fingerprint density at radius 2 is 2.23 bits per heavy atom. The average molecular weight is 299 g/mol. The van der Waals surface area contributed by atoms with Crippen molar-refractivity contribution in [2.45, 2.75) is 58.3 Å². The summed E-state index contributed by atoms with van der Waals surface area (Å²) in [7, 11) is 0. The number of carbonyl (C=O) groups excluding carboxylic acids is 1. The molecule has 3 nitrogen and oxygen atoms in total. The quantitative estimate of drug-likeness (QED) is 0.862. The first-order valence-corrected chi connectivity index (χ1v) is 8.53. The van der Waals surface area contributed by atoms with Gasteiger partial charge in [-0.15, -0.1) is 0 Å². The summed E-state index contributed by atoms with van der Waals surface area (Å²) in [5.41, 5.74) is 5.12. The molecular formula is C19H25NO2. The molecule has 1 aliphatic carbocycles. The van der Waals surface area contributed by atoms with Gasteiger partial charge < -0.3 is 9.73 Å².